The van der Waals surface area contributed by atoms with E-state index in [9.17, 15) is 0 Å². The summed E-state index contributed by atoms with van der Waals surface area (Å²) in [5, 5.41) is 3.35. The molecule has 1 saturated heterocycles. The van der Waals surface area contributed by atoms with Crippen molar-refractivity contribution in [2.24, 2.45) is 10.9 Å². The first-order valence-electron chi connectivity index (χ1n) is 7.46. The summed E-state index contributed by atoms with van der Waals surface area (Å²) >= 11 is 1.95. The molecular weight excluding hydrogens is 282 g/mol. The third-order valence-electron chi connectivity index (χ3n) is 3.62. The summed E-state index contributed by atoms with van der Waals surface area (Å²) in [4.78, 5) is 8.08. The van der Waals surface area contributed by atoms with E-state index in [4.69, 9.17) is 4.74 Å². The summed E-state index contributed by atoms with van der Waals surface area (Å²) in [5.41, 5.74) is 0. The van der Waals surface area contributed by atoms with Crippen molar-refractivity contribution in [1.82, 2.24) is 10.2 Å². The predicted octanol–water partition coefficient (Wildman–Crippen LogP) is 2.32. The Morgan fingerprint density at radius 3 is 2.95 bits per heavy atom. The monoisotopic (exact) mass is 307 g/mol. The van der Waals surface area contributed by atoms with Gasteiger partial charge in [0.15, 0.2) is 5.96 Å². The number of rotatable bonds is 6. The Balaban J connectivity index is 1.74. The summed E-state index contributed by atoms with van der Waals surface area (Å²) in [6.45, 7) is 3.70. The highest BCUT2D eigenvalue weighted by atomic mass is 32.2. The summed E-state index contributed by atoms with van der Waals surface area (Å²) in [6.07, 6.45) is 1.24. The molecule has 0 aliphatic carbocycles. The van der Waals surface area contributed by atoms with E-state index in [-0.39, 0.29) is 0 Å². The van der Waals surface area contributed by atoms with Gasteiger partial charge < -0.3 is 15.0 Å². The van der Waals surface area contributed by atoms with Crippen LogP contribution in [0.2, 0.25) is 0 Å². The first-order chi connectivity index (χ1) is 10.3. The lowest BCUT2D eigenvalue weighted by atomic mass is 10.2. The average molecular weight is 307 g/mol. The van der Waals surface area contributed by atoms with Crippen molar-refractivity contribution >= 4 is 17.7 Å². The zero-order valence-corrected chi connectivity index (χ0v) is 13.7. The van der Waals surface area contributed by atoms with Crippen molar-refractivity contribution in [3.05, 3.63) is 30.3 Å². The van der Waals surface area contributed by atoms with Gasteiger partial charge in [0.1, 0.15) is 0 Å². The largest absolute Gasteiger partial charge is 0.383 e. The van der Waals surface area contributed by atoms with Crippen molar-refractivity contribution in [3.8, 4) is 0 Å². The first kappa shape index (κ1) is 16.2. The van der Waals surface area contributed by atoms with Crippen LogP contribution >= 0.6 is 11.8 Å². The van der Waals surface area contributed by atoms with Gasteiger partial charge in [-0.15, -0.1) is 11.8 Å². The molecule has 1 heterocycles. The van der Waals surface area contributed by atoms with E-state index in [1.54, 1.807) is 7.11 Å². The molecule has 1 unspecified atom stereocenters. The molecule has 5 heteroatoms. The molecule has 2 rings (SSSR count). The molecule has 116 valence electrons. The molecule has 21 heavy (non-hydrogen) atoms. The van der Waals surface area contributed by atoms with Crippen LogP contribution in [0.15, 0.2) is 40.2 Å². The molecule has 0 radical (unpaired) electrons. The molecule has 1 N–H and O–H groups in total. The molecule has 1 fully saturated rings. The van der Waals surface area contributed by atoms with Crippen molar-refractivity contribution in [2.45, 2.75) is 11.3 Å². The molecule has 1 aliphatic heterocycles. The van der Waals surface area contributed by atoms with Crippen molar-refractivity contribution < 1.29 is 4.74 Å². The van der Waals surface area contributed by atoms with Gasteiger partial charge in [0.05, 0.1) is 6.61 Å². The lowest BCUT2D eigenvalue weighted by Gasteiger charge is -2.21. The van der Waals surface area contributed by atoms with Gasteiger partial charge in [-0.1, -0.05) is 18.2 Å². The van der Waals surface area contributed by atoms with Crippen molar-refractivity contribution in [2.75, 3.05) is 46.2 Å². The van der Waals surface area contributed by atoms with Crippen LogP contribution in [0.1, 0.15) is 6.42 Å². The second kappa shape index (κ2) is 8.95. The number of methoxy groups -OCH3 is 1. The second-order valence-electron chi connectivity index (χ2n) is 5.19. The van der Waals surface area contributed by atoms with E-state index in [1.165, 1.54) is 17.1 Å². The Kier molecular flexibility index (Phi) is 6.89. The highest BCUT2D eigenvalue weighted by Crippen LogP contribution is 2.25. The number of aliphatic imine (C=N–C) groups is 1. The van der Waals surface area contributed by atoms with Gasteiger partial charge in [-0.05, 0) is 24.5 Å². The quantitative estimate of drug-likeness (QED) is 0.379. The van der Waals surface area contributed by atoms with Crippen LogP contribution in [0.25, 0.3) is 0 Å². The number of ether oxygens (including phenoxy) is 1. The van der Waals surface area contributed by atoms with E-state index in [1.807, 2.05) is 18.8 Å². The molecule has 0 spiro atoms. The number of likely N-dealkylation sites (tertiary alicyclic amines) is 1. The minimum Gasteiger partial charge on any atom is -0.383 e. The minimum atomic E-state index is 0.708. The predicted molar refractivity (Wildman–Crippen MR) is 90.1 cm³/mol. The standard InChI is InChI=1S/C16H25N3OS/c1-17-16(18-9-11-20-2)19-10-8-14(12-19)13-21-15-6-4-3-5-7-15/h3-7,14H,8-13H2,1-2H3,(H,17,18). The van der Waals surface area contributed by atoms with Gasteiger partial charge in [0.2, 0.25) is 0 Å². The summed E-state index contributed by atoms with van der Waals surface area (Å²) < 4.78 is 5.07. The Bertz CT molecular complexity index is 438. The smallest absolute Gasteiger partial charge is 0.193 e. The number of hydrogen-bond donors (Lipinski definition) is 1. The molecule has 0 amide bonds. The van der Waals surface area contributed by atoms with Crippen LogP contribution in [-0.4, -0.2) is 57.0 Å². The maximum Gasteiger partial charge on any atom is 0.193 e. The SMILES string of the molecule is CN=C(NCCOC)N1CCC(CSc2ccccc2)C1. The fraction of sp³-hybridized carbons (Fsp3) is 0.562. The van der Waals surface area contributed by atoms with E-state index in [2.05, 4.69) is 45.5 Å². The zero-order chi connectivity index (χ0) is 14.9. The minimum absolute atomic E-state index is 0.708. The molecule has 0 bridgehead atoms. The van der Waals surface area contributed by atoms with Crippen LogP contribution < -0.4 is 5.32 Å². The number of benzene rings is 1. The van der Waals surface area contributed by atoms with Gasteiger partial charge in [-0.25, -0.2) is 0 Å². The first-order valence-corrected chi connectivity index (χ1v) is 8.44. The zero-order valence-electron chi connectivity index (χ0n) is 12.9. The molecule has 4 nitrogen and oxygen atoms in total. The summed E-state index contributed by atoms with van der Waals surface area (Å²) in [7, 11) is 3.57. The normalized spacial score (nSPS) is 19.0. The van der Waals surface area contributed by atoms with Gasteiger partial charge in [-0.3, -0.25) is 4.99 Å². The highest BCUT2D eigenvalue weighted by molar-refractivity contribution is 7.99. The highest BCUT2D eigenvalue weighted by Gasteiger charge is 2.24. The van der Waals surface area contributed by atoms with E-state index in [0.717, 1.165) is 31.5 Å². The van der Waals surface area contributed by atoms with Gasteiger partial charge in [-0.2, -0.15) is 0 Å². The molecular formula is C16H25N3OS. The van der Waals surface area contributed by atoms with Crippen molar-refractivity contribution in [3.63, 3.8) is 0 Å². The Labute approximate surface area is 132 Å². The van der Waals surface area contributed by atoms with Crippen LogP contribution in [0, 0.1) is 5.92 Å². The fourth-order valence-electron chi connectivity index (χ4n) is 2.49. The summed E-state index contributed by atoms with van der Waals surface area (Å²) in [6, 6.07) is 10.6. The second-order valence-corrected chi connectivity index (χ2v) is 6.28. The third-order valence-corrected chi connectivity index (χ3v) is 4.86. The molecule has 1 atom stereocenters. The van der Waals surface area contributed by atoms with Crippen molar-refractivity contribution in [1.29, 1.82) is 0 Å². The number of hydrogen-bond acceptors (Lipinski definition) is 3. The Morgan fingerprint density at radius 1 is 1.43 bits per heavy atom. The van der Waals surface area contributed by atoms with Crippen LogP contribution in [0.3, 0.4) is 0 Å². The lowest BCUT2D eigenvalue weighted by Crippen LogP contribution is -2.41. The van der Waals surface area contributed by atoms with E-state index >= 15 is 0 Å². The third kappa shape index (κ3) is 5.25. The van der Waals surface area contributed by atoms with Gasteiger partial charge in [0.25, 0.3) is 0 Å². The van der Waals surface area contributed by atoms with Crippen LogP contribution in [0.4, 0.5) is 0 Å². The van der Waals surface area contributed by atoms with E-state index in [0.29, 0.717) is 6.61 Å². The maximum absolute atomic E-state index is 5.07. The van der Waals surface area contributed by atoms with Crippen LogP contribution in [0.5, 0.6) is 0 Å². The molecule has 1 aromatic rings. The molecule has 1 aromatic carbocycles. The Hall–Kier alpha value is -1.20. The fourth-order valence-corrected chi connectivity index (χ4v) is 3.54. The summed E-state index contributed by atoms with van der Waals surface area (Å²) in [5.74, 6) is 2.91. The molecule has 0 aromatic heterocycles. The van der Waals surface area contributed by atoms with Gasteiger partial charge in [0, 0.05) is 44.4 Å². The molecule has 1 aliphatic rings. The number of guanidine groups is 1. The Morgan fingerprint density at radius 2 is 2.24 bits per heavy atom. The molecule has 0 saturated carbocycles. The number of thioether (sulfide) groups is 1. The lowest BCUT2D eigenvalue weighted by molar-refractivity contribution is 0.203. The average Bonchev–Trinajstić information content (AvgIpc) is 2.99. The van der Waals surface area contributed by atoms with Crippen LogP contribution in [-0.2, 0) is 4.74 Å². The number of nitrogens with one attached hydrogen (secondary N) is 1. The van der Waals surface area contributed by atoms with E-state index < -0.39 is 0 Å². The van der Waals surface area contributed by atoms with Gasteiger partial charge >= 0.3 is 0 Å². The number of nitrogens with zero attached hydrogens (tertiary/aromatic N) is 2. The maximum atomic E-state index is 5.07. The topological polar surface area (TPSA) is 36.9 Å².